The van der Waals surface area contributed by atoms with Crippen molar-refractivity contribution in [3.63, 3.8) is 0 Å². The van der Waals surface area contributed by atoms with E-state index < -0.39 is 6.10 Å². The molecular formula is C16H19BrOS. The fourth-order valence-corrected chi connectivity index (χ4v) is 3.46. The zero-order chi connectivity index (χ0) is 14.2. The molecule has 3 heteroatoms. The first-order chi connectivity index (χ1) is 8.79. The van der Waals surface area contributed by atoms with Crippen LogP contribution in [0.5, 0.6) is 0 Å². The lowest BCUT2D eigenvalue weighted by atomic mass is 9.95. The molecule has 0 saturated carbocycles. The summed E-state index contributed by atoms with van der Waals surface area (Å²) in [5, 5.41) is 10.6. The van der Waals surface area contributed by atoms with Crippen molar-refractivity contribution in [2.75, 3.05) is 0 Å². The predicted molar refractivity (Wildman–Crippen MR) is 86.0 cm³/mol. The molecule has 0 amide bonds. The van der Waals surface area contributed by atoms with E-state index in [2.05, 4.69) is 42.8 Å². The maximum absolute atomic E-state index is 10.6. The average molecular weight is 339 g/mol. The van der Waals surface area contributed by atoms with Crippen LogP contribution in [-0.2, 0) is 5.41 Å². The van der Waals surface area contributed by atoms with E-state index >= 15 is 0 Å². The summed E-state index contributed by atoms with van der Waals surface area (Å²) in [5.41, 5.74) is 2.22. The molecule has 1 aromatic heterocycles. The van der Waals surface area contributed by atoms with E-state index in [0.29, 0.717) is 0 Å². The summed E-state index contributed by atoms with van der Waals surface area (Å²) in [6.45, 7) is 8.62. The maximum Gasteiger partial charge on any atom is 0.114 e. The molecule has 0 aliphatic carbocycles. The van der Waals surface area contributed by atoms with Crippen LogP contribution < -0.4 is 0 Å². The van der Waals surface area contributed by atoms with Gasteiger partial charge in [0.05, 0.1) is 0 Å². The van der Waals surface area contributed by atoms with Gasteiger partial charge in [0.2, 0.25) is 0 Å². The van der Waals surface area contributed by atoms with Gasteiger partial charge in [-0.1, -0.05) is 54.4 Å². The van der Waals surface area contributed by atoms with Crippen LogP contribution in [0.1, 0.15) is 47.8 Å². The lowest BCUT2D eigenvalue weighted by Crippen LogP contribution is -2.07. The Morgan fingerprint density at radius 1 is 1.16 bits per heavy atom. The molecule has 2 rings (SSSR count). The number of halogens is 1. The van der Waals surface area contributed by atoms with Crippen molar-refractivity contribution in [3.8, 4) is 0 Å². The van der Waals surface area contributed by atoms with Gasteiger partial charge in [0.15, 0.2) is 0 Å². The number of thiophene rings is 1. The highest BCUT2D eigenvalue weighted by molar-refractivity contribution is 9.10. The molecule has 19 heavy (non-hydrogen) atoms. The van der Waals surface area contributed by atoms with E-state index in [9.17, 15) is 5.11 Å². The monoisotopic (exact) mass is 338 g/mol. The molecule has 2 aromatic rings. The quantitative estimate of drug-likeness (QED) is 0.797. The molecule has 1 atom stereocenters. The number of hydrogen-bond donors (Lipinski definition) is 1. The Morgan fingerprint density at radius 2 is 1.84 bits per heavy atom. The Morgan fingerprint density at radius 3 is 2.42 bits per heavy atom. The molecule has 0 saturated heterocycles. The normalized spacial score (nSPS) is 13.6. The first kappa shape index (κ1) is 14.8. The van der Waals surface area contributed by atoms with E-state index in [0.717, 1.165) is 20.5 Å². The summed E-state index contributed by atoms with van der Waals surface area (Å²) >= 11 is 5.21. The van der Waals surface area contributed by atoms with Crippen molar-refractivity contribution in [2.45, 2.75) is 39.2 Å². The van der Waals surface area contributed by atoms with Gasteiger partial charge in [0.1, 0.15) is 6.10 Å². The van der Waals surface area contributed by atoms with Crippen LogP contribution in [0.15, 0.2) is 34.8 Å². The van der Waals surface area contributed by atoms with Gasteiger partial charge in [-0.2, -0.15) is 0 Å². The van der Waals surface area contributed by atoms with E-state index in [4.69, 9.17) is 0 Å². The minimum absolute atomic E-state index is 0.131. The summed E-state index contributed by atoms with van der Waals surface area (Å²) in [5.74, 6) is 0. The minimum atomic E-state index is -0.560. The third-order valence-corrected chi connectivity index (χ3v) is 5.37. The highest BCUT2D eigenvalue weighted by Crippen LogP contribution is 2.36. The van der Waals surface area contributed by atoms with E-state index in [-0.39, 0.29) is 5.41 Å². The molecule has 0 fully saturated rings. The van der Waals surface area contributed by atoms with Crippen LogP contribution in [0.25, 0.3) is 0 Å². The van der Waals surface area contributed by atoms with Crippen LogP contribution in [0, 0.1) is 6.92 Å². The number of aliphatic hydroxyl groups is 1. The average Bonchev–Trinajstić information content (AvgIpc) is 2.80. The van der Waals surface area contributed by atoms with Crippen LogP contribution in [-0.4, -0.2) is 5.11 Å². The van der Waals surface area contributed by atoms with Gasteiger partial charge >= 0.3 is 0 Å². The Labute approximate surface area is 127 Å². The summed E-state index contributed by atoms with van der Waals surface area (Å²) in [6, 6.07) is 10.2. The van der Waals surface area contributed by atoms with Crippen LogP contribution >= 0.6 is 27.3 Å². The molecule has 0 radical (unpaired) electrons. The van der Waals surface area contributed by atoms with Gasteiger partial charge in [0.25, 0.3) is 0 Å². The number of aryl methyl sites for hydroxylation is 1. The topological polar surface area (TPSA) is 20.2 Å². The summed E-state index contributed by atoms with van der Waals surface area (Å²) in [6.07, 6.45) is -0.560. The number of hydrogen-bond acceptors (Lipinski definition) is 2. The zero-order valence-electron chi connectivity index (χ0n) is 11.7. The van der Waals surface area contributed by atoms with Crippen LogP contribution in [0.3, 0.4) is 0 Å². The second kappa shape index (κ2) is 5.39. The molecule has 0 spiro atoms. The fourth-order valence-electron chi connectivity index (χ4n) is 1.93. The number of rotatable bonds is 2. The largest absolute Gasteiger partial charge is 0.383 e. The van der Waals surface area contributed by atoms with Crippen molar-refractivity contribution in [1.29, 1.82) is 0 Å². The van der Waals surface area contributed by atoms with Gasteiger partial charge in [-0.15, -0.1) is 11.3 Å². The lowest BCUT2D eigenvalue weighted by molar-refractivity contribution is 0.223. The molecule has 1 heterocycles. The standard InChI is InChI=1S/C16H19BrOS/c1-10-5-6-12(17)11(9-10)15(18)13-7-8-14(19-13)16(2,3)4/h5-9,15,18H,1-4H3. The molecule has 1 nitrogen and oxygen atoms in total. The van der Waals surface area contributed by atoms with Gasteiger partial charge in [-0.3, -0.25) is 0 Å². The van der Waals surface area contributed by atoms with E-state index in [1.807, 2.05) is 31.2 Å². The Bertz CT molecular complexity index is 581. The Kier molecular flexibility index (Phi) is 4.19. The lowest BCUT2D eigenvalue weighted by Gasteiger charge is -2.16. The van der Waals surface area contributed by atoms with Gasteiger partial charge < -0.3 is 5.11 Å². The smallest absolute Gasteiger partial charge is 0.114 e. The molecule has 1 aromatic carbocycles. The van der Waals surface area contributed by atoms with Crippen molar-refractivity contribution in [2.24, 2.45) is 0 Å². The summed E-state index contributed by atoms with van der Waals surface area (Å²) < 4.78 is 0.955. The predicted octanol–water partition coefficient (Wildman–Crippen LogP) is 5.20. The van der Waals surface area contributed by atoms with Gasteiger partial charge in [-0.25, -0.2) is 0 Å². The second-order valence-corrected chi connectivity index (χ2v) is 7.85. The molecular weight excluding hydrogens is 320 g/mol. The third-order valence-electron chi connectivity index (χ3n) is 3.08. The van der Waals surface area contributed by atoms with Crippen LogP contribution in [0.2, 0.25) is 0 Å². The fraction of sp³-hybridized carbons (Fsp3) is 0.375. The third kappa shape index (κ3) is 3.28. The highest BCUT2D eigenvalue weighted by atomic mass is 79.9. The molecule has 102 valence electrons. The van der Waals surface area contributed by atoms with Gasteiger partial charge in [0, 0.05) is 19.8 Å². The molecule has 1 N–H and O–H groups in total. The molecule has 0 aliphatic rings. The zero-order valence-corrected chi connectivity index (χ0v) is 14.1. The van der Waals surface area contributed by atoms with E-state index in [1.165, 1.54) is 4.88 Å². The number of benzene rings is 1. The van der Waals surface area contributed by atoms with Crippen molar-refractivity contribution < 1.29 is 5.11 Å². The van der Waals surface area contributed by atoms with Crippen LogP contribution in [0.4, 0.5) is 0 Å². The van der Waals surface area contributed by atoms with E-state index in [1.54, 1.807) is 11.3 Å². The molecule has 1 unspecified atom stereocenters. The Balaban J connectivity index is 2.36. The van der Waals surface area contributed by atoms with Crippen molar-refractivity contribution in [1.82, 2.24) is 0 Å². The first-order valence-corrected chi connectivity index (χ1v) is 7.94. The minimum Gasteiger partial charge on any atom is -0.383 e. The summed E-state index contributed by atoms with van der Waals surface area (Å²) in [4.78, 5) is 2.29. The van der Waals surface area contributed by atoms with Crippen molar-refractivity contribution in [3.05, 3.63) is 55.7 Å². The summed E-state index contributed by atoms with van der Waals surface area (Å²) in [7, 11) is 0. The highest BCUT2D eigenvalue weighted by Gasteiger charge is 2.20. The second-order valence-electron chi connectivity index (χ2n) is 5.88. The number of aliphatic hydroxyl groups excluding tert-OH is 1. The van der Waals surface area contributed by atoms with Gasteiger partial charge in [-0.05, 0) is 30.5 Å². The Hall–Kier alpha value is -0.640. The molecule has 0 aliphatic heterocycles. The SMILES string of the molecule is Cc1ccc(Br)c(C(O)c2ccc(C(C)(C)C)s2)c1. The molecule has 0 bridgehead atoms. The van der Waals surface area contributed by atoms with Crippen molar-refractivity contribution >= 4 is 27.3 Å². The first-order valence-electron chi connectivity index (χ1n) is 6.33. The maximum atomic E-state index is 10.6.